The average molecular weight is 230 g/mol. The summed E-state index contributed by atoms with van der Waals surface area (Å²) in [4.78, 5) is 4.34. The summed E-state index contributed by atoms with van der Waals surface area (Å²) in [5.74, 6) is 6.07. The molecule has 0 amide bonds. The number of ether oxygens (including phenoxy) is 1. The highest BCUT2D eigenvalue weighted by Gasteiger charge is 2.04. The number of guanidine groups is 1. The van der Waals surface area contributed by atoms with E-state index in [0.717, 1.165) is 39.0 Å². The molecule has 0 aliphatic carbocycles. The van der Waals surface area contributed by atoms with Gasteiger partial charge in [-0.05, 0) is 26.2 Å². The Hall–Kier alpha value is -0.810. The van der Waals surface area contributed by atoms with Crippen LogP contribution in [-0.2, 0) is 4.74 Å². The van der Waals surface area contributed by atoms with E-state index >= 15 is 0 Å². The molecule has 0 aromatic heterocycles. The Labute approximate surface area is 98.8 Å². The van der Waals surface area contributed by atoms with Gasteiger partial charge in [-0.3, -0.25) is 10.4 Å². The predicted molar refractivity (Wildman–Crippen MR) is 68.2 cm³/mol. The van der Waals surface area contributed by atoms with Gasteiger partial charge in [-0.1, -0.05) is 13.8 Å². The average Bonchev–Trinajstić information content (AvgIpc) is 2.33. The highest BCUT2D eigenvalue weighted by atomic mass is 16.5. The Morgan fingerprint density at radius 3 is 2.50 bits per heavy atom. The minimum Gasteiger partial charge on any atom is -0.382 e. The van der Waals surface area contributed by atoms with E-state index in [2.05, 4.69) is 29.6 Å². The van der Waals surface area contributed by atoms with Crippen molar-refractivity contribution in [2.45, 2.75) is 46.1 Å². The lowest BCUT2D eigenvalue weighted by molar-refractivity contribution is 0.146. The Morgan fingerprint density at radius 1 is 1.31 bits per heavy atom. The van der Waals surface area contributed by atoms with Gasteiger partial charge in [0.05, 0.1) is 0 Å². The summed E-state index contributed by atoms with van der Waals surface area (Å²) >= 11 is 0. The van der Waals surface area contributed by atoms with Crippen LogP contribution in [0.15, 0.2) is 4.99 Å². The van der Waals surface area contributed by atoms with Gasteiger partial charge in [-0.15, -0.1) is 0 Å². The van der Waals surface area contributed by atoms with Gasteiger partial charge in [0, 0.05) is 25.8 Å². The molecule has 0 aromatic carbocycles. The van der Waals surface area contributed by atoms with Crippen LogP contribution >= 0.6 is 0 Å². The summed E-state index contributed by atoms with van der Waals surface area (Å²) in [5.41, 5.74) is 2.59. The molecule has 0 spiro atoms. The zero-order valence-corrected chi connectivity index (χ0v) is 10.8. The molecule has 0 aliphatic heterocycles. The number of hydrazine groups is 1. The monoisotopic (exact) mass is 230 g/mol. The second-order valence-corrected chi connectivity index (χ2v) is 3.58. The molecule has 0 aliphatic rings. The fraction of sp³-hybridized carbons (Fsp3) is 0.909. The van der Waals surface area contributed by atoms with Crippen molar-refractivity contribution in [3.8, 4) is 0 Å². The number of rotatable bonds is 8. The Morgan fingerprint density at radius 2 is 2.00 bits per heavy atom. The smallest absolute Gasteiger partial charge is 0.205 e. The SMILES string of the molecule is CCOCCCN=C(NN)NC(CC)CC. The summed E-state index contributed by atoms with van der Waals surface area (Å²) in [7, 11) is 0. The maximum absolute atomic E-state index is 5.40. The molecule has 4 N–H and O–H groups in total. The largest absolute Gasteiger partial charge is 0.382 e. The van der Waals surface area contributed by atoms with E-state index in [9.17, 15) is 0 Å². The lowest BCUT2D eigenvalue weighted by Gasteiger charge is -2.17. The van der Waals surface area contributed by atoms with Crippen molar-refractivity contribution in [1.82, 2.24) is 10.7 Å². The van der Waals surface area contributed by atoms with Crippen LogP contribution in [-0.4, -0.2) is 31.8 Å². The zero-order valence-electron chi connectivity index (χ0n) is 10.8. The second kappa shape index (κ2) is 10.7. The van der Waals surface area contributed by atoms with E-state index in [1.54, 1.807) is 0 Å². The van der Waals surface area contributed by atoms with Gasteiger partial charge in [0.1, 0.15) is 0 Å². The summed E-state index contributed by atoms with van der Waals surface area (Å²) in [6, 6.07) is 0.432. The number of hydrogen-bond donors (Lipinski definition) is 3. The zero-order chi connectivity index (χ0) is 12.2. The van der Waals surface area contributed by atoms with Gasteiger partial charge in [-0.25, -0.2) is 5.84 Å². The van der Waals surface area contributed by atoms with Crippen LogP contribution in [0.3, 0.4) is 0 Å². The van der Waals surface area contributed by atoms with Gasteiger partial charge in [0.2, 0.25) is 5.96 Å². The van der Waals surface area contributed by atoms with E-state index in [-0.39, 0.29) is 0 Å². The van der Waals surface area contributed by atoms with E-state index in [4.69, 9.17) is 10.6 Å². The highest BCUT2D eigenvalue weighted by Crippen LogP contribution is 1.95. The number of aliphatic imine (C=N–C) groups is 1. The second-order valence-electron chi connectivity index (χ2n) is 3.58. The summed E-state index contributed by atoms with van der Waals surface area (Å²) < 4.78 is 5.23. The Bertz CT molecular complexity index is 181. The molecule has 5 nitrogen and oxygen atoms in total. The third kappa shape index (κ3) is 7.48. The fourth-order valence-electron chi connectivity index (χ4n) is 1.32. The number of hydrogen-bond acceptors (Lipinski definition) is 3. The standard InChI is InChI=1S/C11H26N4O/c1-4-10(5-2)14-11(15-12)13-8-7-9-16-6-3/h10H,4-9,12H2,1-3H3,(H2,13,14,15). The molecule has 0 radical (unpaired) electrons. The number of nitrogens with one attached hydrogen (secondary N) is 2. The van der Waals surface area contributed by atoms with Crippen molar-refractivity contribution in [2.24, 2.45) is 10.8 Å². The van der Waals surface area contributed by atoms with Gasteiger partial charge in [0.25, 0.3) is 0 Å². The van der Waals surface area contributed by atoms with E-state index in [1.807, 2.05) is 6.92 Å². The Kier molecular flexibility index (Phi) is 10.2. The molecule has 0 atom stereocenters. The molecule has 0 rings (SSSR count). The molecule has 0 bridgehead atoms. The van der Waals surface area contributed by atoms with Crippen LogP contribution in [0.5, 0.6) is 0 Å². The van der Waals surface area contributed by atoms with Crippen molar-refractivity contribution in [1.29, 1.82) is 0 Å². The predicted octanol–water partition coefficient (Wildman–Crippen LogP) is 1.01. The van der Waals surface area contributed by atoms with Gasteiger partial charge < -0.3 is 10.1 Å². The van der Waals surface area contributed by atoms with E-state index in [0.29, 0.717) is 12.0 Å². The van der Waals surface area contributed by atoms with Crippen molar-refractivity contribution in [2.75, 3.05) is 19.8 Å². The van der Waals surface area contributed by atoms with Crippen LogP contribution in [0.4, 0.5) is 0 Å². The quantitative estimate of drug-likeness (QED) is 0.191. The molecule has 0 unspecified atom stereocenters. The van der Waals surface area contributed by atoms with E-state index < -0.39 is 0 Å². The first kappa shape index (κ1) is 15.2. The molecule has 0 heterocycles. The molecular weight excluding hydrogens is 204 g/mol. The molecule has 0 fully saturated rings. The number of nitrogens with two attached hydrogens (primary N) is 1. The van der Waals surface area contributed by atoms with Gasteiger partial charge >= 0.3 is 0 Å². The number of nitrogens with zero attached hydrogens (tertiary/aromatic N) is 1. The molecule has 16 heavy (non-hydrogen) atoms. The minimum absolute atomic E-state index is 0.432. The minimum atomic E-state index is 0.432. The molecule has 5 heteroatoms. The molecule has 0 saturated heterocycles. The first-order valence-electron chi connectivity index (χ1n) is 6.13. The maximum atomic E-state index is 5.40. The van der Waals surface area contributed by atoms with Crippen LogP contribution in [0.1, 0.15) is 40.0 Å². The molecule has 0 aromatic rings. The lowest BCUT2D eigenvalue weighted by atomic mass is 10.2. The summed E-state index contributed by atoms with van der Waals surface area (Å²) in [6.07, 6.45) is 3.05. The molecular formula is C11H26N4O. The summed E-state index contributed by atoms with van der Waals surface area (Å²) in [5, 5.41) is 3.27. The first-order chi connectivity index (χ1) is 7.78. The lowest BCUT2D eigenvalue weighted by Crippen LogP contribution is -2.46. The van der Waals surface area contributed by atoms with E-state index in [1.165, 1.54) is 0 Å². The highest BCUT2D eigenvalue weighted by molar-refractivity contribution is 5.79. The van der Waals surface area contributed by atoms with Gasteiger partial charge in [-0.2, -0.15) is 0 Å². The topological polar surface area (TPSA) is 71.7 Å². The Balaban J connectivity index is 3.82. The fourth-order valence-corrected chi connectivity index (χ4v) is 1.32. The normalized spacial score (nSPS) is 11.9. The van der Waals surface area contributed by atoms with Crippen molar-refractivity contribution in [3.63, 3.8) is 0 Å². The summed E-state index contributed by atoms with van der Waals surface area (Å²) in [6.45, 7) is 8.52. The van der Waals surface area contributed by atoms with Crippen molar-refractivity contribution in [3.05, 3.63) is 0 Å². The van der Waals surface area contributed by atoms with Crippen LogP contribution in [0.25, 0.3) is 0 Å². The van der Waals surface area contributed by atoms with Crippen LogP contribution in [0.2, 0.25) is 0 Å². The van der Waals surface area contributed by atoms with Crippen molar-refractivity contribution < 1.29 is 4.74 Å². The third-order valence-corrected chi connectivity index (χ3v) is 2.38. The van der Waals surface area contributed by atoms with Crippen LogP contribution < -0.4 is 16.6 Å². The van der Waals surface area contributed by atoms with Gasteiger partial charge in [0.15, 0.2) is 0 Å². The van der Waals surface area contributed by atoms with Crippen molar-refractivity contribution >= 4 is 5.96 Å². The van der Waals surface area contributed by atoms with Crippen LogP contribution in [0, 0.1) is 0 Å². The maximum Gasteiger partial charge on any atom is 0.205 e. The third-order valence-electron chi connectivity index (χ3n) is 2.38. The first-order valence-corrected chi connectivity index (χ1v) is 6.13. The molecule has 96 valence electrons. The molecule has 0 saturated carbocycles.